The molecular weight excluding hydrogens is 290 g/mol. The average Bonchev–Trinajstić information content (AvgIpc) is 3.25. The lowest BCUT2D eigenvalue weighted by molar-refractivity contribution is -0.149. The van der Waals surface area contributed by atoms with Crippen LogP contribution in [0.2, 0.25) is 0 Å². The maximum absolute atomic E-state index is 13.2. The summed E-state index contributed by atoms with van der Waals surface area (Å²) in [7, 11) is 0. The molecule has 1 aromatic rings. The number of ether oxygens (including phenoxy) is 1. The minimum absolute atomic E-state index is 0.112. The Bertz CT molecular complexity index is 559. The number of hydrogen-bond acceptors (Lipinski definition) is 4. The van der Waals surface area contributed by atoms with Crippen LogP contribution in [0.5, 0.6) is 0 Å². The minimum Gasteiger partial charge on any atom is -0.377 e. The Labute approximate surface area is 137 Å². The van der Waals surface area contributed by atoms with Crippen molar-refractivity contribution in [2.24, 2.45) is 5.41 Å². The van der Waals surface area contributed by atoms with Gasteiger partial charge in [-0.25, -0.2) is 0 Å². The monoisotopic (exact) mass is 315 g/mol. The molecule has 3 fully saturated rings. The quantitative estimate of drug-likeness (QED) is 0.851. The molecule has 23 heavy (non-hydrogen) atoms. The summed E-state index contributed by atoms with van der Waals surface area (Å²) >= 11 is 0. The number of likely N-dealkylation sites (tertiary alicyclic amines) is 2. The zero-order chi connectivity index (χ0) is 15.7. The number of piperidine rings is 1. The summed E-state index contributed by atoms with van der Waals surface area (Å²) in [6, 6.07) is 4.09. The molecular formula is C18H25N3O2. The molecule has 4 heterocycles. The van der Waals surface area contributed by atoms with Crippen LogP contribution >= 0.6 is 0 Å². The zero-order valence-electron chi connectivity index (χ0n) is 13.6. The van der Waals surface area contributed by atoms with Crippen molar-refractivity contribution in [3.63, 3.8) is 0 Å². The maximum atomic E-state index is 13.2. The second kappa shape index (κ2) is 6.21. The topological polar surface area (TPSA) is 45.7 Å². The van der Waals surface area contributed by atoms with Crippen molar-refractivity contribution in [2.45, 2.75) is 38.3 Å². The first kappa shape index (κ1) is 15.1. The Morgan fingerprint density at radius 2 is 2.22 bits per heavy atom. The molecule has 0 unspecified atom stereocenters. The van der Waals surface area contributed by atoms with Crippen molar-refractivity contribution in [1.29, 1.82) is 0 Å². The number of carbonyl (C=O) groups excluding carboxylic acids is 1. The molecule has 0 spiro atoms. The van der Waals surface area contributed by atoms with Gasteiger partial charge in [0, 0.05) is 51.7 Å². The van der Waals surface area contributed by atoms with E-state index in [2.05, 4.69) is 20.9 Å². The second-order valence-electron chi connectivity index (χ2n) is 7.13. The highest BCUT2D eigenvalue weighted by molar-refractivity contribution is 5.84. The van der Waals surface area contributed by atoms with E-state index in [0.717, 1.165) is 65.0 Å². The van der Waals surface area contributed by atoms with E-state index in [1.807, 2.05) is 12.3 Å². The molecule has 0 radical (unpaired) electrons. The summed E-state index contributed by atoms with van der Waals surface area (Å²) in [5.74, 6) is 0.341. The average molecular weight is 315 g/mol. The van der Waals surface area contributed by atoms with Crippen LogP contribution in [0.15, 0.2) is 24.5 Å². The second-order valence-corrected chi connectivity index (χ2v) is 7.13. The Morgan fingerprint density at radius 1 is 1.35 bits per heavy atom. The van der Waals surface area contributed by atoms with Crippen LogP contribution in [0.25, 0.3) is 0 Å². The smallest absolute Gasteiger partial charge is 0.232 e. The van der Waals surface area contributed by atoms with Gasteiger partial charge in [0.05, 0.1) is 11.5 Å². The number of rotatable bonds is 3. The van der Waals surface area contributed by atoms with Gasteiger partial charge in [0.15, 0.2) is 0 Å². The Hall–Kier alpha value is -1.46. The molecule has 0 N–H and O–H groups in total. The zero-order valence-corrected chi connectivity index (χ0v) is 13.6. The van der Waals surface area contributed by atoms with Crippen LogP contribution < -0.4 is 0 Å². The number of amides is 1. The molecule has 0 saturated carbocycles. The molecule has 3 saturated heterocycles. The van der Waals surface area contributed by atoms with Crippen LogP contribution in [0.3, 0.4) is 0 Å². The van der Waals surface area contributed by atoms with Crippen molar-refractivity contribution < 1.29 is 9.53 Å². The lowest BCUT2D eigenvalue weighted by atomic mass is 9.75. The van der Waals surface area contributed by atoms with Gasteiger partial charge in [0.1, 0.15) is 0 Å². The fraction of sp³-hybridized carbons (Fsp3) is 0.667. The minimum atomic E-state index is -0.315. The molecule has 0 aliphatic carbocycles. The van der Waals surface area contributed by atoms with Gasteiger partial charge in [0.25, 0.3) is 0 Å². The lowest BCUT2D eigenvalue weighted by Crippen LogP contribution is -2.57. The number of aromatic nitrogens is 1. The van der Waals surface area contributed by atoms with Gasteiger partial charge in [-0.1, -0.05) is 6.07 Å². The predicted molar refractivity (Wildman–Crippen MR) is 86.7 cm³/mol. The Kier molecular flexibility index (Phi) is 4.07. The maximum Gasteiger partial charge on any atom is 0.232 e. The van der Waals surface area contributed by atoms with E-state index in [4.69, 9.17) is 4.74 Å². The van der Waals surface area contributed by atoms with Gasteiger partial charge in [-0.05, 0) is 37.3 Å². The molecule has 3 aliphatic heterocycles. The molecule has 1 aromatic heterocycles. The van der Waals surface area contributed by atoms with Crippen LogP contribution in [0.1, 0.15) is 31.2 Å². The molecule has 124 valence electrons. The largest absolute Gasteiger partial charge is 0.377 e. The van der Waals surface area contributed by atoms with Crippen LogP contribution in [0.4, 0.5) is 0 Å². The van der Waals surface area contributed by atoms with Crippen LogP contribution in [-0.2, 0) is 16.1 Å². The molecule has 4 rings (SSSR count). The summed E-state index contributed by atoms with van der Waals surface area (Å²) in [4.78, 5) is 21.9. The van der Waals surface area contributed by atoms with E-state index in [-0.39, 0.29) is 11.5 Å². The summed E-state index contributed by atoms with van der Waals surface area (Å²) in [5.41, 5.74) is 0.902. The first-order valence-corrected chi connectivity index (χ1v) is 8.80. The van der Waals surface area contributed by atoms with E-state index >= 15 is 0 Å². The van der Waals surface area contributed by atoms with E-state index in [1.54, 1.807) is 6.20 Å². The third-order valence-corrected chi connectivity index (χ3v) is 5.64. The normalized spacial score (nSPS) is 31.3. The summed E-state index contributed by atoms with van der Waals surface area (Å²) in [5, 5.41) is 0. The van der Waals surface area contributed by atoms with Gasteiger partial charge >= 0.3 is 0 Å². The third-order valence-electron chi connectivity index (χ3n) is 5.64. The number of hydrogen-bond donors (Lipinski definition) is 0. The fourth-order valence-corrected chi connectivity index (χ4v) is 4.45. The first-order valence-electron chi connectivity index (χ1n) is 8.80. The predicted octanol–water partition coefficient (Wildman–Crippen LogP) is 1.68. The highest BCUT2D eigenvalue weighted by atomic mass is 16.5. The van der Waals surface area contributed by atoms with Crippen molar-refractivity contribution in [3.8, 4) is 0 Å². The molecule has 0 bridgehead atoms. The van der Waals surface area contributed by atoms with Gasteiger partial charge in [-0.15, -0.1) is 0 Å². The Morgan fingerprint density at radius 3 is 3.00 bits per heavy atom. The number of nitrogens with zero attached hydrogens (tertiary/aromatic N) is 3. The van der Waals surface area contributed by atoms with E-state index in [9.17, 15) is 4.79 Å². The molecule has 3 aliphatic rings. The summed E-state index contributed by atoms with van der Waals surface area (Å²) in [6.07, 6.45) is 7.96. The van der Waals surface area contributed by atoms with Crippen LogP contribution in [0, 0.1) is 5.41 Å². The van der Waals surface area contributed by atoms with E-state index in [1.165, 1.54) is 5.56 Å². The molecule has 2 atom stereocenters. The van der Waals surface area contributed by atoms with Crippen molar-refractivity contribution in [2.75, 3.05) is 32.8 Å². The van der Waals surface area contributed by atoms with Gasteiger partial charge in [-0.3, -0.25) is 14.7 Å². The number of pyridine rings is 1. The summed E-state index contributed by atoms with van der Waals surface area (Å²) < 4.78 is 5.95. The van der Waals surface area contributed by atoms with Crippen molar-refractivity contribution in [3.05, 3.63) is 30.1 Å². The van der Waals surface area contributed by atoms with E-state index in [0.29, 0.717) is 5.91 Å². The first-order chi connectivity index (χ1) is 11.3. The van der Waals surface area contributed by atoms with Crippen LogP contribution in [-0.4, -0.2) is 59.6 Å². The fourth-order valence-electron chi connectivity index (χ4n) is 4.45. The Balaban J connectivity index is 1.52. The molecule has 0 aromatic carbocycles. The third kappa shape index (κ3) is 2.76. The SMILES string of the molecule is O=C(N1CCCC1)[C@@]12CCO[C@@H]1CCN(Cc1cccnc1)C2. The van der Waals surface area contributed by atoms with Crippen molar-refractivity contribution >= 4 is 5.91 Å². The highest BCUT2D eigenvalue weighted by Crippen LogP contribution is 2.43. The van der Waals surface area contributed by atoms with Gasteiger partial charge in [0.2, 0.25) is 5.91 Å². The standard InChI is InChI=1S/C18H25N3O2/c22-17(21-8-1-2-9-21)18-6-11-23-16(18)5-10-20(14-18)13-15-4-3-7-19-12-15/h3-4,7,12,16H,1-2,5-6,8-11,13-14H2/t16-,18-/m1/s1. The van der Waals surface area contributed by atoms with E-state index < -0.39 is 0 Å². The van der Waals surface area contributed by atoms with Gasteiger partial charge < -0.3 is 9.64 Å². The highest BCUT2D eigenvalue weighted by Gasteiger charge is 2.54. The molecule has 5 nitrogen and oxygen atoms in total. The van der Waals surface area contributed by atoms with Crippen molar-refractivity contribution in [1.82, 2.24) is 14.8 Å². The molecule has 1 amide bonds. The summed E-state index contributed by atoms with van der Waals surface area (Å²) in [6.45, 7) is 5.27. The lowest BCUT2D eigenvalue weighted by Gasteiger charge is -2.44. The number of carbonyl (C=O) groups is 1. The number of fused-ring (bicyclic) bond motifs is 1. The molecule has 5 heteroatoms. The van der Waals surface area contributed by atoms with Gasteiger partial charge in [-0.2, -0.15) is 0 Å².